The number of carbonyl (C=O) groups excluding carboxylic acids is 1. The van der Waals surface area contributed by atoms with Crippen LogP contribution in [0.3, 0.4) is 0 Å². The van der Waals surface area contributed by atoms with Gasteiger partial charge in [-0.3, -0.25) is 4.79 Å². The van der Waals surface area contributed by atoms with Crippen LogP contribution in [0.4, 0.5) is 0 Å². The van der Waals surface area contributed by atoms with Crippen molar-refractivity contribution >= 4 is 28.9 Å². The first kappa shape index (κ1) is 15.2. The van der Waals surface area contributed by atoms with Gasteiger partial charge < -0.3 is 0 Å². The van der Waals surface area contributed by atoms with Crippen LogP contribution in [0.5, 0.6) is 0 Å². The molecule has 0 radical (unpaired) electrons. The highest BCUT2D eigenvalue weighted by molar-refractivity contribution is 7.99. The van der Waals surface area contributed by atoms with Gasteiger partial charge in [0.25, 0.3) is 0 Å². The van der Waals surface area contributed by atoms with Crippen LogP contribution in [-0.4, -0.2) is 31.7 Å². The Bertz CT molecular complexity index is 625. The number of nitrogens with zero attached hydrogens (tertiary/aromatic N) is 4. The number of tetrazole rings is 1. The third-order valence-corrected chi connectivity index (χ3v) is 4.64. The van der Waals surface area contributed by atoms with E-state index in [4.69, 9.17) is 0 Å². The van der Waals surface area contributed by atoms with Gasteiger partial charge in [0.05, 0.1) is 11.3 Å². The van der Waals surface area contributed by atoms with Gasteiger partial charge >= 0.3 is 0 Å². The Labute approximate surface area is 126 Å². The molecule has 20 heavy (non-hydrogen) atoms. The Kier molecular flexibility index (Phi) is 4.29. The van der Waals surface area contributed by atoms with Crippen molar-refractivity contribution in [2.75, 3.05) is 5.75 Å². The summed E-state index contributed by atoms with van der Waals surface area (Å²) in [7, 11) is 0. The molecule has 2 rings (SSSR count). The van der Waals surface area contributed by atoms with Crippen LogP contribution in [0, 0.1) is 13.8 Å². The topological polar surface area (TPSA) is 60.7 Å². The Morgan fingerprint density at radius 3 is 2.65 bits per heavy atom. The van der Waals surface area contributed by atoms with Crippen molar-refractivity contribution in [1.29, 1.82) is 0 Å². The molecule has 0 aliphatic heterocycles. The molecule has 0 aromatic carbocycles. The van der Waals surface area contributed by atoms with Gasteiger partial charge in [-0.05, 0) is 51.1 Å². The van der Waals surface area contributed by atoms with Crippen molar-refractivity contribution in [3.8, 4) is 0 Å². The lowest BCUT2D eigenvalue weighted by Crippen LogP contribution is -2.24. The van der Waals surface area contributed by atoms with Gasteiger partial charge in [0.2, 0.25) is 5.16 Å². The second-order valence-electron chi connectivity index (χ2n) is 5.58. The van der Waals surface area contributed by atoms with Crippen LogP contribution in [0.1, 0.15) is 40.9 Å². The summed E-state index contributed by atoms with van der Waals surface area (Å²) in [5.41, 5.74) is 0.624. The lowest BCUT2D eigenvalue weighted by molar-refractivity contribution is 0.102. The van der Waals surface area contributed by atoms with Gasteiger partial charge in [-0.2, -0.15) is 0 Å². The molecule has 0 N–H and O–H groups in total. The van der Waals surface area contributed by atoms with E-state index in [1.54, 1.807) is 16.0 Å². The first-order valence-corrected chi connectivity index (χ1v) is 8.11. The highest BCUT2D eigenvalue weighted by Crippen LogP contribution is 2.25. The first-order chi connectivity index (χ1) is 9.29. The van der Waals surface area contributed by atoms with E-state index in [1.807, 2.05) is 40.7 Å². The molecule has 0 atom stereocenters. The fourth-order valence-electron chi connectivity index (χ4n) is 1.81. The Morgan fingerprint density at radius 1 is 1.40 bits per heavy atom. The summed E-state index contributed by atoms with van der Waals surface area (Å²) < 4.78 is 1.75. The highest BCUT2D eigenvalue weighted by atomic mass is 32.2. The third-order valence-electron chi connectivity index (χ3n) is 2.75. The van der Waals surface area contributed by atoms with E-state index in [0.29, 0.717) is 10.9 Å². The summed E-state index contributed by atoms with van der Waals surface area (Å²) in [6.07, 6.45) is 0. The normalized spacial score (nSPS) is 11.8. The highest BCUT2D eigenvalue weighted by Gasteiger charge is 2.21. The first-order valence-electron chi connectivity index (χ1n) is 6.31. The monoisotopic (exact) mass is 310 g/mol. The standard InChI is InChI=1S/C13H18N4OS2/c1-8-6-10(9(2)20-8)11(18)7-19-12-14-15-16-17(12)13(3,4)5/h6H,7H2,1-5H3. The van der Waals surface area contributed by atoms with Gasteiger partial charge in [0.15, 0.2) is 5.78 Å². The predicted octanol–water partition coefficient (Wildman–Crippen LogP) is 3.08. The molecule has 2 aromatic rings. The van der Waals surface area contributed by atoms with Gasteiger partial charge in [0, 0.05) is 15.3 Å². The lowest BCUT2D eigenvalue weighted by atomic mass is 10.1. The predicted molar refractivity (Wildman–Crippen MR) is 81.7 cm³/mol. The minimum atomic E-state index is -0.191. The number of hydrogen-bond acceptors (Lipinski definition) is 6. The van der Waals surface area contributed by atoms with Crippen molar-refractivity contribution in [3.63, 3.8) is 0 Å². The summed E-state index contributed by atoms with van der Waals surface area (Å²) in [5.74, 6) is 0.480. The van der Waals surface area contributed by atoms with E-state index in [2.05, 4.69) is 15.5 Å². The average molecular weight is 310 g/mol. The molecule has 0 saturated carbocycles. The minimum Gasteiger partial charge on any atom is -0.293 e. The van der Waals surface area contributed by atoms with Crippen LogP contribution in [0.25, 0.3) is 0 Å². The van der Waals surface area contributed by atoms with Crippen molar-refractivity contribution in [3.05, 3.63) is 21.4 Å². The van der Waals surface area contributed by atoms with E-state index in [-0.39, 0.29) is 11.3 Å². The van der Waals surface area contributed by atoms with Crippen molar-refractivity contribution in [2.45, 2.75) is 45.3 Å². The fraction of sp³-hybridized carbons (Fsp3) is 0.538. The summed E-state index contributed by atoms with van der Waals surface area (Å²) in [5, 5.41) is 12.3. The van der Waals surface area contributed by atoms with E-state index < -0.39 is 0 Å². The molecule has 0 unspecified atom stereocenters. The molecular weight excluding hydrogens is 292 g/mol. The smallest absolute Gasteiger partial charge is 0.210 e. The zero-order chi connectivity index (χ0) is 14.9. The SMILES string of the molecule is Cc1cc(C(=O)CSc2nnnn2C(C)(C)C)c(C)s1. The molecule has 0 saturated heterocycles. The van der Waals surface area contributed by atoms with Gasteiger partial charge in [0.1, 0.15) is 0 Å². The molecule has 0 spiro atoms. The molecule has 108 valence electrons. The van der Waals surface area contributed by atoms with Gasteiger partial charge in [-0.15, -0.1) is 16.4 Å². The second kappa shape index (κ2) is 5.65. The van der Waals surface area contributed by atoms with Crippen molar-refractivity contribution in [1.82, 2.24) is 20.2 Å². The fourth-order valence-corrected chi connectivity index (χ4v) is 3.69. The van der Waals surface area contributed by atoms with Gasteiger partial charge in [-0.25, -0.2) is 4.68 Å². The molecule has 0 aliphatic rings. The Hall–Kier alpha value is -1.21. The van der Waals surface area contributed by atoms with Crippen LogP contribution in [0.2, 0.25) is 0 Å². The maximum absolute atomic E-state index is 12.2. The number of carbonyl (C=O) groups is 1. The van der Waals surface area contributed by atoms with Crippen LogP contribution in [0.15, 0.2) is 11.2 Å². The summed E-state index contributed by atoms with van der Waals surface area (Å²) in [6, 6.07) is 1.95. The molecule has 2 aromatic heterocycles. The third kappa shape index (κ3) is 3.27. The largest absolute Gasteiger partial charge is 0.293 e. The zero-order valence-electron chi connectivity index (χ0n) is 12.3. The number of thioether (sulfide) groups is 1. The quantitative estimate of drug-likeness (QED) is 0.641. The maximum atomic E-state index is 12.2. The van der Waals surface area contributed by atoms with Crippen molar-refractivity contribution in [2.24, 2.45) is 0 Å². The van der Waals surface area contributed by atoms with Crippen LogP contribution in [-0.2, 0) is 5.54 Å². The lowest BCUT2D eigenvalue weighted by Gasteiger charge is -2.19. The van der Waals surface area contributed by atoms with Gasteiger partial charge in [-0.1, -0.05) is 11.8 Å². The summed E-state index contributed by atoms with van der Waals surface area (Å²) in [6.45, 7) is 10.1. The molecule has 0 fully saturated rings. The number of rotatable bonds is 4. The second-order valence-corrected chi connectivity index (χ2v) is 7.99. The van der Waals surface area contributed by atoms with E-state index >= 15 is 0 Å². The Balaban J connectivity index is 2.08. The molecule has 5 nitrogen and oxygen atoms in total. The number of thiophene rings is 1. The minimum absolute atomic E-state index is 0.125. The number of Topliss-reactive ketones (excluding diaryl/α,β-unsaturated/α-hetero) is 1. The maximum Gasteiger partial charge on any atom is 0.210 e. The van der Waals surface area contributed by atoms with E-state index in [9.17, 15) is 4.79 Å². The molecular formula is C13H18N4OS2. The number of hydrogen-bond donors (Lipinski definition) is 0. The van der Waals surface area contributed by atoms with Crippen LogP contribution >= 0.6 is 23.1 Å². The number of aryl methyl sites for hydroxylation is 2. The molecule has 0 bridgehead atoms. The molecule has 2 heterocycles. The van der Waals surface area contributed by atoms with E-state index in [0.717, 1.165) is 15.3 Å². The Morgan fingerprint density at radius 2 is 2.10 bits per heavy atom. The number of ketones is 1. The van der Waals surface area contributed by atoms with Crippen LogP contribution < -0.4 is 0 Å². The van der Waals surface area contributed by atoms with E-state index in [1.165, 1.54) is 11.8 Å². The summed E-state index contributed by atoms with van der Waals surface area (Å²) in [4.78, 5) is 14.5. The zero-order valence-corrected chi connectivity index (χ0v) is 13.9. The van der Waals surface area contributed by atoms with Crippen molar-refractivity contribution < 1.29 is 4.79 Å². The average Bonchev–Trinajstić information content (AvgIpc) is 2.91. The number of aromatic nitrogens is 4. The molecule has 0 amide bonds. The summed E-state index contributed by atoms with van der Waals surface area (Å²) >= 11 is 3.04. The molecule has 0 aliphatic carbocycles. The molecule has 7 heteroatoms.